The molecule has 1 N–H and O–H groups in total. The van der Waals surface area contributed by atoms with Crippen LogP contribution in [0.3, 0.4) is 0 Å². The van der Waals surface area contributed by atoms with Gasteiger partial charge in [-0.25, -0.2) is 4.79 Å². The number of imide groups is 1. The molecule has 3 amide bonds. The van der Waals surface area contributed by atoms with Crippen molar-refractivity contribution in [3.8, 4) is 0 Å². The maximum Gasteiger partial charge on any atom is 0.330 e. The van der Waals surface area contributed by atoms with Crippen LogP contribution >= 0.6 is 0 Å². The Morgan fingerprint density at radius 3 is 2.21 bits per heavy atom. The molecule has 34 heavy (non-hydrogen) atoms. The lowest BCUT2D eigenvalue weighted by atomic mass is 9.81. The summed E-state index contributed by atoms with van der Waals surface area (Å²) in [5.41, 5.74) is 2.47. The summed E-state index contributed by atoms with van der Waals surface area (Å²) in [5, 5.41) is 2.69. The first-order valence-electron chi connectivity index (χ1n) is 11.9. The molecule has 7 heteroatoms. The first kappa shape index (κ1) is 22.3. The van der Waals surface area contributed by atoms with Crippen LogP contribution in [0.4, 0.5) is 5.69 Å². The monoisotopic (exact) mass is 460 g/mol. The Bertz CT molecular complexity index is 1090. The summed E-state index contributed by atoms with van der Waals surface area (Å²) in [6.07, 6.45) is 3.01. The van der Waals surface area contributed by atoms with Crippen LogP contribution in [-0.2, 0) is 30.3 Å². The van der Waals surface area contributed by atoms with E-state index >= 15 is 0 Å². The minimum atomic E-state index is -1.08. The number of hydrogen-bond donors (Lipinski definition) is 1. The van der Waals surface area contributed by atoms with Crippen LogP contribution in [0.2, 0.25) is 0 Å². The molecule has 0 aromatic heterocycles. The number of benzene rings is 2. The minimum Gasteiger partial charge on any atom is -0.454 e. The van der Waals surface area contributed by atoms with Gasteiger partial charge in [0, 0.05) is 12.1 Å². The van der Waals surface area contributed by atoms with Crippen LogP contribution in [-0.4, -0.2) is 41.2 Å². The zero-order valence-corrected chi connectivity index (χ0v) is 19.1. The molecule has 2 aliphatic carbocycles. The van der Waals surface area contributed by atoms with Gasteiger partial charge in [-0.05, 0) is 55.7 Å². The van der Waals surface area contributed by atoms with Gasteiger partial charge in [0.05, 0.1) is 11.8 Å². The van der Waals surface area contributed by atoms with E-state index in [0.29, 0.717) is 5.69 Å². The van der Waals surface area contributed by atoms with Gasteiger partial charge in [-0.15, -0.1) is 0 Å². The Kier molecular flexibility index (Phi) is 5.94. The van der Waals surface area contributed by atoms with Crippen molar-refractivity contribution in [1.82, 2.24) is 4.90 Å². The van der Waals surface area contributed by atoms with Gasteiger partial charge in [0.25, 0.3) is 5.91 Å². The van der Waals surface area contributed by atoms with Gasteiger partial charge in [-0.3, -0.25) is 19.3 Å². The molecule has 1 saturated heterocycles. The zero-order chi connectivity index (χ0) is 23.8. The van der Waals surface area contributed by atoms with E-state index in [9.17, 15) is 19.2 Å². The first-order chi connectivity index (χ1) is 16.4. The quantitative estimate of drug-likeness (QED) is 0.506. The van der Waals surface area contributed by atoms with Crippen molar-refractivity contribution in [2.24, 2.45) is 23.7 Å². The van der Waals surface area contributed by atoms with Gasteiger partial charge < -0.3 is 10.1 Å². The number of amides is 3. The molecule has 0 unspecified atom stereocenters. The highest BCUT2D eigenvalue weighted by molar-refractivity contribution is 6.08. The van der Waals surface area contributed by atoms with Crippen molar-refractivity contribution in [1.29, 1.82) is 0 Å². The van der Waals surface area contributed by atoms with E-state index < -0.39 is 24.5 Å². The Labute approximate surface area is 198 Å². The lowest BCUT2D eigenvalue weighted by Gasteiger charge is -2.26. The predicted molar refractivity (Wildman–Crippen MR) is 124 cm³/mol. The van der Waals surface area contributed by atoms with E-state index in [1.54, 1.807) is 12.1 Å². The number of likely N-dealkylation sites (tertiary alicyclic amines) is 1. The molecule has 0 radical (unpaired) electrons. The fourth-order valence-electron chi connectivity index (χ4n) is 5.92. The molecule has 2 saturated carbocycles. The molecule has 2 aromatic carbocycles. The molecule has 176 valence electrons. The standard InChI is InChI=1S/C27H28N2O5/c1-16-7-11-20(12-8-16)28-22(30)15-34-27(33)21(13-17-5-3-2-4-6-17)29-25(31)23-18-9-10-19(14-18)24(23)26(29)32/h2-8,11-12,18-19,21,23-24H,9-10,13-15H2,1H3,(H,28,30)/t18-,19-,21+,23-,24+/m0/s1. The molecule has 1 heterocycles. The van der Waals surface area contributed by atoms with E-state index in [2.05, 4.69) is 5.32 Å². The summed E-state index contributed by atoms with van der Waals surface area (Å²) in [7, 11) is 0. The van der Waals surface area contributed by atoms with Crippen molar-refractivity contribution in [3.05, 3.63) is 65.7 Å². The van der Waals surface area contributed by atoms with Crippen LogP contribution < -0.4 is 5.32 Å². The largest absolute Gasteiger partial charge is 0.454 e. The summed E-state index contributed by atoms with van der Waals surface area (Å²) >= 11 is 0. The van der Waals surface area contributed by atoms with Crippen LogP contribution in [0.25, 0.3) is 0 Å². The van der Waals surface area contributed by atoms with E-state index in [4.69, 9.17) is 4.74 Å². The summed E-state index contributed by atoms with van der Waals surface area (Å²) < 4.78 is 5.34. The van der Waals surface area contributed by atoms with Gasteiger partial charge in [-0.2, -0.15) is 0 Å². The van der Waals surface area contributed by atoms with Crippen molar-refractivity contribution in [2.75, 3.05) is 11.9 Å². The van der Waals surface area contributed by atoms with Gasteiger partial charge in [0.1, 0.15) is 6.04 Å². The van der Waals surface area contributed by atoms with Crippen LogP contribution in [0.15, 0.2) is 54.6 Å². The van der Waals surface area contributed by atoms with E-state index in [-0.39, 0.29) is 41.9 Å². The first-order valence-corrected chi connectivity index (χ1v) is 11.9. The van der Waals surface area contributed by atoms with Crippen LogP contribution in [0.5, 0.6) is 0 Å². The van der Waals surface area contributed by atoms with Gasteiger partial charge in [0.2, 0.25) is 11.8 Å². The van der Waals surface area contributed by atoms with Crippen molar-refractivity contribution in [3.63, 3.8) is 0 Å². The topological polar surface area (TPSA) is 92.8 Å². The second-order valence-electron chi connectivity index (χ2n) is 9.66. The highest BCUT2D eigenvalue weighted by Crippen LogP contribution is 2.56. The summed E-state index contributed by atoms with van der Waals surface area (Å²) in [6, 6.07) is 15.4. The van der Waals surface area contributed by atoms with Gasteiger partial charge in [0.15, 0.2) is 6.61 Å². The SMILES string of the molecule is Cc1ccc(NC(=O)COC(=O)[C@@H](Cc2ccccc2)N2C(=O)[C@@H]3[C@H]4CC[C@@H](C4)[C@@H]3C2=O)cc1. The number of carbonyl (C=O) groups excluding carboxylic acids is 4. The lowest BCUT2D eigenvalue weighted by molar-refractivity contribution is -0.160. The number of aryl methyl sites for hydroxylation is 1. The number of rotatable bonds is 7. The smallest absolute Gasteiger partial charge is 0.330 e. The van der Waals surface area contributed by atoms with Gasteiger partial charge >= 0.3 is 5.97 Å². The minimum absolute atomic E-state index is 0.158. The van der Waals surface area contributed by atoms with Crippen LogP contribution in [0.1, 0.15) is 30.4 Å². The second-order valence-corrected chi connectivity index (χ2v) is 9.66. The lowest BCUT2D eigenvalue weighted by Crippen LogP contribution is -2.48. The number of nitrogens with zero attached hydrogens (tertiary/aromatic N) is 1. The number of ether oxygens (including phenoxy) is 1. The van der Waals surface area contributed by atoms with E-state index in [0.717, 1.165) is 35.3 Å². The summed E-state index contributed by atoms with van der Waals surface area (Å²) in [4.78, 5) is 53.4. The Balaban J connectivity index is 1.31. The molecule has 5 rings (SSSR count). The van der Waals surface area contributed by atoms with E-state index in [1.807, 2.05) is 49.4 Å². The highest BCUT2D eigenvalue weighted by atomic mass is 16.5. The third-order valence-electron chi connectivity index (χ3n) is 7.50. The molecule has 5 atom stereocenters. The van der Waals surface area contributed by atoms with Crippen molar-refractivity contribution >= 4 is 29.4 Å². The Morgan fingerprint density at radius 1 is 0.971 bits per heavy atom. The highest BCUT2D eigenvalue weighted by Gasteiger charge is 2.62. The van der Waals surface area contributed by atoms with Gasteiger partial charge in [-0.1, -0.05) is 48.0 Å². The molecule has 0 spiro atoms. The summed E-state index contributed by atoms with van der Waals surface area (Å²) in [5.74, 6) is -1.92. The molecule has 1 aliphatic heterocycles. The molecule has 3 fully saturated rings. The van der Waals surface area contributed by atoms with Crippen molar-refractivity contribution in [2.45, 2.75) is 38.6 Å². The summed E-state index contributed by atoms with van der Waals surface area (Å²) in [6.45, 7) is 1.45. The maximum atomic E-state index is 13.3. The third-order valence-corrected chi connectivity index (χ3v) is 7.50. The number of hydrogen-bond acceptors (Lipinski definition) is 5. The second kappa shape index (κ2) is 9.05. The predicted octanol–water partition coefficient (Wildman–Crippen LogP) is 3.12. The average molecular weight is 461 g/mol. The number of esters is 1. The Hall–Kier alpha value is -3.48. The average Bonchev–Trinajstić information content (AvgIpc) is 3.52. The number of anilines is 1. The number of carbonyl (C=O) groups is 4. The molecule has 2 aromatic rings. The molecule has 7 nitrogen and oxygen atoms in total. The normalized spacial score (nSPS) is 25.9. The maximum absolute atomic E-state index is 13.3. The fourth-order valence-corrected chi connectivity index (χ4v) is 5.92. The molecular formula is C27H28N2O5. The van der Waals surface area contributed by atoms with Crippen LogP contribution in [0, 0.1) is 30.6 Å². The van der Waals surface area contributed by atoms with E-state index in [1.165, 1.54) is 0 Å². The fraction of sp³-hybridized carbons (Fsp3) is 0.407. The number of nitrogens with one attached hydrogen (secondary N) is 1. The Morgan fingerprint density at radius 2 is 1.59 bits per heavy atom. The number of fused-ring (bicyclic) bond motifs is 5. The third kappa shape index (κ3) is 4.11. The van der Waals surface area contributed by atoms with Crippen molar-refractivity contribution < 1.29 is 23.9 Å². The molecule has 2 bridgehead atoms. The molecular weight excluding hydrogens is 432 g/mol. The molecule has 3 aliphatic rings. The zero-order valence-electron chi connectivity index (χ0n) is 19.1.